The van der Waals surface area contributed by atoms with Crippen LogP contribution in [0.3, 0.4) is 0 Å². The third-order valence-electron chi connectivity index (χ3n) is 5.49. The molecule has 3 heterocycles. The first-order valence-electron chi connectivity index (χ1n) is 10.9. The molecule has 2 aromatic rings. The minimum Gasteiger partial charge on any atom is -0.494 e. The molecule has 1 N–H and O–H groups in total. The first-order valence-corrected chi connectivity index (χ1v) is 12.3. The number of aromatic nitrogens is 2. The van der Waals surface area contributed by atoms with Crippen LogP contribution in [0.15, 0.2) is 29.4 Å². The van der Waals surface area contributed by atoms with Crippen molar-refractivity contribution in [2.75, 3.05) is 32.3 Å². The van der Waals surface area contributed by atoms with E-state index in [-0.39, 0.29) is 42.2 Å². The second-order valence-electron chi connectivity index (χ2n) is 8.01. The third kappa shape index (κ3) is 5.83. The number of benzene rings is 1. The molecule has 0 unspecified atom stereocenters. The van der Waals surface area contributed by atoms with E-state index < -0.39 is 5.82 Å². The number of amides is 1. The molecule has 0 aliphatic carbocycles. The average molecular weight is 491 g/mol. The van der Waals surface area contributed by atoms with E-state index in [2.05, 4.69) is 20.4 Å². The van der Waals surface area contributed by atoms with Gasteiger partial charge in [0.2, 0.25) is 0 Å². The number of halogens is 1. The van der Waals surface area contributed by atoms with E-state index in [9.17, 15) is 9.18 Å². The summed E-state index contributed by atoms with van der Waals surface area (Å²) in [5.74, 6) is 0.605. The fraction of sp³-hybridized carbons (Fsp3) is 0.478. The van der Waals surface area contributed by atoms with Gasteiger partial charge in [-0.3, -0.25) is 4.79 Å². The SMILES string of the molecule is COc1cc(CNC(=O)c2cc(C3=NO[C@H]([C@H]4CO[C@H](CSC)CO4)C3)nc(C)n2)ccc1F. The number of methoxy groups -OCH3 is 1. The number of carbonyl (C=O) groups is 1. The molecule has 0 spiro atoms. The van der Waals surface area contributed by atoms with Gasteiger partial charge in [-0.2, -0.15) is 11.8 Å². The summed E-state index contributed by atoms with van der Waals surface area (Å²) >= 11 is 1.72. The second-order valence-corrected chi connectivity index (χ2v) is 8.92. The second kappa shape index (κ2) is 11.1. The Morgan fingerprint density at radius 2 is 2.09 bits per heavy atom. The lowest BCUT2D eigenvalue weighted by atomic mass is 10.0. The molecular weight excluding hydrogens is 463 g/mol. The fourth-order valence-corrected chi connectivity index (χ4v) is 4.29. The highest BCUT2D eigenvalue weighted by Crippen LogP contribution is 2.24. The zero-order chi connectivity index (χ0) is 24.1. The summed E-state index contributed by atoms with van der Waals surface area (Å²) in [6.45, 7) is 2.88. The molecule has 0 radical (unpaired) electrons. The van der Waals surface area contributed by atoms with Crippen molar-refractivity contribution in [3.05, 3.63) is 52.9 Å². The Morgan fingerprint density at radius 1 is 1.24 bits per heavy atom. The Bertz CT molecular complexity index is 1060. The Morgan fingerprint density at radius 3 is 2.82 bits per heavy atom. The first-order chi connectivity index (χ1) is 16.5. The molecule has 1 amide bonds. The summed E-state index contributed by atoms with van der Waals surface area (Å²) in [7, 11) is 1.39. The predicted octanol–water partition coefficient (Wildman–Crippen LogP) is 2.50. The van der Waals surface area contributed by atoms with Crippen LogP contribution < -0.4 is 10.1 Å². The monoisotopic (exact) mass is 490 g/mol. The molecule has 2 aliphatic heterocycles. The van der Waals surface area contributed by atoms with Crippen LogP contribution in [0.4, 0.5) is 4.39 Å². The largest absolute Gasteiger partial charge is 0.494 e. The maximum atomic E-state index is 13.6. The normalized spacial score (nSPS) is 22.1. The number of thioether (sulfide) groups is 1. The van der Waals surface area contributed by atoms with E-state index in [0.29, 0.717) is 42.4 Å². The van der Waals surface area contributed by atoms with Crippen molar-refractivity contribution in [1.82, 2.24) is 15.3 Å². The van der Waals surface area contributed by atoms with E-state index in [4.69, 9.17) is 19.0 Å². The van der Waals surface area contributed by atoms with Crippen LogP contribution in [0.2, 0.25) is 0 Å². The van der Waals surface area contributed by atoms with Crippen LogP contribution >= 0.6 is 11.8 Å². The summed E-state index contributed by atoms with van der Waals surface area (Å²) in [5, 5.41) is 6.98. The van der Waals surface area contributed by atoms with Crippen molar-refractivity contribution in [3.8, 4) is 5.75 Å². The number of oxime groups is 1. The number of hydrogen-bond acceptors (Lipinski definition) is 9. The van der Waals surface area contributed by atoms with Gasteiger partial charge in [0.15, 0.2) is 17.7 Å². The number of aryl methyl sites for hydroxylation is 1. The molecule has 0 saturated carbocycles. The molecule has 3 atom stereocenters. The Kier molecular flexibility index (Phi) is 7.96. The van der Waals surface area contributed by atoms with Crippen molar-refractivity contribution in [3.63, 3.8) is 0 Å². The molecule has 4 rings (SSSR count). The highest BCUT2D eigenvalue weighted by atomic mass is 32.2. The molecule has 1 aromatic carbocycles. The number of carbonyl (C=O) groups excluding carboxylic acids is 1. The van der Waals surface area contributed by atoms with Gasteiger partial charge in [0, 0.05) is 18.7 Å². The lowest BCUT2D eigenvalue weighted by Gasteiger charge is -2.31. The van der Waals surface area contributed by atoms with Gasteiger partial charge in [-0.05, 0) is 36.9 Å². The van der Waals surface area contributed by atoms with Crippen molar-refractivity contribution >= 4 is 23.4 Å². The van der Waals surface area contributed by atoms with Crippen LogP contribution in [-0.2, 0) is 20.9 Å². The number of nitrogens with one attached hydrogen (secondary N) is 1. The van der Waals surface area contributed by atoms with E-state index in [1.165, 1.54) is 19.2 Å². The minimum absolute atomic E-state index is 0.0922. The number of rotatable bonds is 8. The van der Waals surface area contributed by atoms with E-state index in [1.54, 1.807) is 30.8 Å². The van der Waals surface area contributed by atoms with Crippen LogP contribution in [-0.4, -0.2) is 72.2 Å². The molecule has 9 nitrogen and oxygen atoms in total. The summed E-state index contributed by atoms with van der Waals surface area (Å²) in [5.41, 5.74) is 2.06. The fourth-order valence-electron chi connectivity index (χ4n) is 3.72. The zero-order valence-electron chi connectivity index (χ0n) is 19.2. The van der Waals surface area contributed by atoms with Crippen molar-refractivity contribution < 1.29 is 28.2 Å². The van der Waals surface area contributed by atoms with Gasteiger partial charge in [-0.25, -0.2) is 14.4 Å². The maximum Gasteiger partial charge on any atom is 0.270 e. The van der Waals surface area contributed by atoms with E-state index in [1.807, 2.05) is 6.26 Å². The first kappa shape index (κ1) is 24.4. The molecule has 11 heteroatoms. The van der Waals surface area contributed by atoms with Crippen LogP contribution in [0.25, 0.3) is 0 Å². The summed E-state index contributed by atoms with van der Waals surface area (Å²) in [4.78, 5) is 27.0. The van der Waals surface area contributed by atoms with E-state index in [0.717, 1.165) is 5.75 Å². The molecule has 2 aliphatic rings. The third-order valence-corrected chi connectivity index (χ3v) is 6.19. The van der Waals surface area contributed by atoms with Crippen LogP contribution in [0.1, 0.15) is 34.0 Å². The number of hydrogen-bond donors (Lipinski definition) is 1. The highest BCUT2D eigenvalue weighted by molar-refractivity contribution is 7.98. The van der Waals surface area contributed by atoms with Gasteiger partial charge in [-0.15, -0.1) is 0 Å². The standard InChI is InChI=1S/C23H27FN4O5S/c1-13-26-17(18-8-21(33-28-18)22-11-31-15(10-32-22)12-34-3)7-19(27-13)23(29)25-9-14-4-5-16(24)20(6-14)30-2/h4-7,15,21-22H,8-12H2,1-3H3,(H,25,29)/t15-,21-,22+/m0/s1. The summed E-state index contributed by atoms with van der Waals surface area (Å²) in [6, 6.07) is 6.01. The Labute approximate surface area is 201 Å². The predicted molar refractivity (Wildman–Crippen MR) is 125 cm³/mol. The molecule has 34 heavy (non-hydrogen) atoms. The van der Waals surface area contributed by atoms with Gasteiger partial charge >= 0.3 is 0 Å². The molecule has 182 valence electrons. The Hall–Kier alpha value is -2.76. The van der Waals surface area contributed by atoms with Crippen molar-refractivity contribution in [1.29, 1.82) is 0 Å². The van der Waals surface area contributed by atoms with E-state index >= 15 is 0 Å². The zero-order valence-corrected chi connectivity index (χ0v) is 20.1. The van der Waals surface area contributed by atoms with Crippen molar-refractivity contribution in [2.45, 2.75) is 38.2 Å². The Balaban J connectivity index is 1.37. The summed E-state index contributed by atoms with van der Waals surface area (Å²) in [6.07, 6.45) is 2.14. The molecular formula is C23H27FN4O5S. The lowest BCUT2D eigenvalue weighted by Crippen LogP contribution is -2.43. The van der Waals surface area contributed by atoms with Gasteiger partial charge in [0.25, 0.3) is 5.91 Å². The molecule has 0 bridgehead atoms. The van der Waals surface area contributed by atoms with Gasteiger partial charge in [-0.1, -0.05) is 11.2 Å². The topological polar surface area (TPSA) is 104 Å². The molecule has 1 saturated heterocycles. The highest BCUT2D eigenvalue weighted by Gasteiger charge is 2.35. The molecule has 1 aromatic heterocycles. The lowest BCUT2D eigenvalue weighted by molar-refractivity contribution is -0.165. The van der Waals surface area contributed by atoms with Crippen LogP contribution in [0.5, 0.6) is 5.75 Å². The van der Waals surface area contributed by atoms with Gasteiger partial charge < -0.3 is 24.4 Å². The maximum absolute atomic E-state index is 13.6. The number of ether oxygens (including phenoxy) is 3. The van der Waals surface area contributed by atoms with Gasteiger partial charge in [0.05, 0.1) is 32.1 Å². The van der Waals surface area contributed by atoms with Gasteiger partial charge in [0.1, 0.15) is 23.3 Å². The average Bonchev–Trinajstić information content (AvgIpc) is 3.34. The minimum atomic E-state index is -0.462. The van der Waals surface area contributed by atoms with Crippen molar-refractivity contribution in [2.24, 2.45) is 5.16 Å². The summed E-state index contributed by atoms with van der Waals surface area (Å²) < 4.78 is 30.4. The quantitative estimate of drug-likeness (QED) is 0.602. The smallest absolute Gasteiger partial charge is 0.270 e. The van der Waals surface area contributed by atoms with Crippen LogP contribution in [0, 0.1) is 12.7 Å². The molecule has 1 fully saturated rings. The number of nitrogens with zero attached hydrogens (tertiary/aromatic N) is 3.